The number of carbonyl (C=O) groups is 2. The van der Waals surface area contributed by atoms with Crippen LogP contribution in [0.25, 0.3) is 0 Å². The molecule has 5 rings (SSSR count). The molecule has 1 aliphatic carbocycles. The smallest absolute Gasteiger partial charge is 0.333 e. The van der Waals surface area contributed by atoms with Gasteiger partial charge in [0.1, 0.15) is 13.7 Å². The van der Waals surface area contributed by atoms with Gasteiger partial charge in [-0.15, -0.1) is 0 Å². The van der Waals surface area contributed by atoms with E-state index in [1.807, 2.05) is 0 Å². The largest absolute Gasteiger partial charge is 0.460 e. The minimum absolute atomic E-state index is 0.0624. The van der Waals surface area contributed by atoms with Crippen LogP contribution in [0, 0.1) is 6.92 Å². The summed E-state index contributed by atoms with van der Waals surface area (Å²) in [5, 5.41) is 0. The van der Waals surface area contributed by atoms with Crippen molar-refractivity contribution in [2.24, 2.45) is 0 Å². The van der Waals surface area contributed by atoms with Crippen LogP contribution in [0.5, 0.6) is 0 Å². The molecule has 0 fully saturated rings. The van der Waals surface area contributed by atoms with Gasteiger partial charge in [0.15, 0.2) is 5.71 Å². The number of fused-ring (bicyclic) bond motifs is 2. The van der Waals surface area contributed by atoms with E-state index in [2.05, 4.69) is 144 Å². The van der Waals surface area contributed by atoms with Crippen molar-refractivity contribution in [3.8, 4) is 0 Å². The lowest BCUT2D eigenvalue weighted by atomic mass is 9.79. The van der Waals surface area contributed by atoms with E-state index in [0.717, 1.165) is 16.8 Å². The van der Waals surface area contributed by atoms with Gasteiger partial charge in [0.25, 0.3) is 0 Å². The van der Waals surface area contributed by atoms with E-state index in [9.17, 15) is 9.59 Å². The zero-order valence-electron chi connectivity index (χ0n) is 28.7. The zero-order chi connectivity index (χ0) is 33.6. The summed E-state index contributed by atoms with van der Waals surface area (Å²) in [7, 11) is 4.21. The van der Waals surface area contributed by atoms with Crippen LogP contribution in [0.15, 0.2) is 114 Å². The summed E-state index contributed by atoms with van der Waals surface area (Å²) < 4.78 is 7.68. The van der Waals surface area contributed by atoms with Crippen LogP contribution in [0.4, 0.5) is 11.4 Å². The minimum atomic E-state index is -0.466. The summed E-state index contributed by atoms with van der Waals surface area (Å²) in [6.45, 7) is 18.3. The Bertz CT molecular complexity index is 1830. The predicted octanol–water partition coefficient (Wildman–Crippen LogP) is 7.59. The molecule has 0 aromatic heterocycles. The number of allylic oxidation sites excluding steroid dienone is 8. The van der Waals surface area contributed by atoms with E-state index in [0.29, 0.717) is 5.57 Å². The molecule has 2 aliphatic heterocycles. The summed E-state index contributed by atoms with van der Waals surface area (Å²) in [4.78, 5) is 29.3. The summed E-state index contributed by atoms with van der Waals surface area (Å²) in [5.41, 5.74) is 11.2. The highest BCUT2D eigenvalue weighted by Crippen LogP contribution is 2.47. The molecular formula is C40H46N3O3+. The molecule has 0 saturated heterocycles. The molecule has 0 unspecified atom stereocenters. The number of carbonyl (C=O) groups excluding carboxylic acids is 2. The van der Waals surface area contributed by atoms with Gasteiger partial charge in [-0.05, 0) is 68.2 Å². The standard InChI is InChI=1S/C40H46N3O3/c1-26(2)38(45)46-25-24-43(28(4)44)37-29(20-22-34-39(5,6)31-15-11-12-16-32(31)41(34)9)18-19-30(37)21-23-35-40(7,8)36-27(3)14-13-17-33(36)42(35)10/h11-23H,1,24-25H2,2-10H3/q+1. The van der Waals surface area contributed by atoms with Crippen LogP contribution < -0.4 is 4.90 Å². The zero-order valence-corrected chi connectivity index (χ0v) is 28.7. The van der Waals surface area contributed by atoms with Gasteiger partial charge in [-0.2, -0.15) is 4.58 Å². The Morgan fingerprint density at radius 2 is 1.70 bits per heavy atom. The molecule has 6 nitrogen and oxygen atoms in total. The quantitative estimate of drug-likeness (QED) is 0.174. The highest BCUT2D eigenvalue weighted by Gasteiger charge is 2.44. The Kier molecular flexibility index (Phi) is 8.69. The first-order chi connectivity index (χ1) is 21.7. The molecule has 3 aliphatic rings. The van der Waals surface area contributed by atoms with E-state index < -0.39 is 5.97 Å². The van der Waals surface area contributed by atoms with Crippen molar-refractivity contribution in [2.75, 3.05) is 32.1 Å². The van der Waals surface area contributed by atoms with E-state index in [1.54, 1.807) is 18.7 Å². The maximum Gasteiger partial charge on any atom is 0.333 e. The van der Waals surface area contributed by atoms with E-state index in [4.69, 9.17) is 4.74 Å². The molecule has 0 saturated carbocycles. The number of para-hydroxylation sites is 1. The maximum absolute atomic E-state index is 13.2. The van der Waals surface area contributed by atoms with Crippen molar-refractivity contribution < 1.29 is 18.9 Å². The van der Waals surface area contributed by atoms with Crippen molar-refractivity contribution >= 4 is 29.0 Å². The molecule has 1 amide bonds. The predicted molar refractivity (Wildman–Crippen MR) is 188 cm³/mol. The van der Waals surface area contributed by atoms with Gasteiger partial charge in [0, 0.05) is 54.0 Å². The van der Waals surface area contributed by atoms with Gasteiger partial charge in [0.05, 0.1) is 17.7 Å². The lowest BCUT2D eigenvalue weighted by Gasteiger charge is -2.26. The number of esters is 1. The first-order valence-electron chi connectivity index (χ1n) is 15.9. The molecule has 6 heteroatoms. The number of benzene rings is 2. The lowest BCUT2D eigenvalue weighted by Crippen LogP contribution is -2.33. The van der Waals surface area contributed by atoms with Gasteiger partial charge < -0.3 is 14.5 Å². The first-order valence-corrected chi connectivity index (χ1v) is 15.9. The molecule has 2 aromatic rings. The molecule has 0 atom stereocenters. The Morgan fingerprint density at radius 1 is 0.978 bits per heavy atom. The van der Waals surface area contributed by atoms with Crippen LogP contribution in [0.3, 0.4) is 0 Å². The number of anilines is 1. The fourth-order valence-electron chi connectivity index (χ4n) is 7.25. The highest BCUT2D eigenvalue weighted by atomic mass is 16.5. The lowest BCUT2D eigenvalue weighted by molar-refractivity contribution is -0.401. The molecule has 0 radical (unpaired) electrons. The third kappa shape index (κ3) is 5.61. The summed E-state index contributed by atoms with van der Waals surface area (Å²) in [6.07, 6.45) is 12.7. The fraction of sp³-hybridized carbons (Fsp3) is 0.325. The van der Waals surface area contributed by atoms with Crippen molar-refractivity contribution in [3.63, 3.8) is 0 Å². The van der Waals surface area contributed by atoms with E-state index in [-0.39, 0.29) is 29.9 Å². The summed E-state index contributed by atoms with van der Waals surface area (Å²) in [6, 6.07) is 14.9. The van der Waals surface area contributed by atoms with Crippen molar-refractivity contribution in [2.45, 2.75) is 59.3 Å². The van der Waals surface area contributed by atoms with Gasteiger partial charge in [0.2, 0.25) is 11.6 Å². The highest BCUT2D eigenvalue weighted by molar-refractivity contribution is 6.03. The van der Waals surface area contributed by atoms with Crippen LogP contribution in [0.1, 0.15) is 58.2 Å². The number of ether oxygens (including phenoxy) is 1. The fourth-order valence-corrected chi connectivity index (χ4v) is 7.25. The molecule has 0 N–H and O–H groups in total. The van der Waals surface area contributed by atoms with Crippen molar-refractivity contribution in [1.29, 1.82) is 0 Å². The van der Waals surface area contributed by atoms with Crippen LogP contribution >= 0.6 is 0 Å². The van der Waals surface area contributed by atoms with E-state index >= 15 is 0 Å². The maximum atomic E-state index is 13.2. The molecule has 0 bridgehead atoms. The number of amides is 1. The summed E-state index contributed by atoms with van der Waals surface area (Å²) >= 11 is 0. The van der Waals surface area contributed by atoms with Gasteiger partial charge in [-0.3, -0.25) is 4.79 Å². The third-order valence-corrected chi connectivity index (χ3v) is 9.56. The third-order valence-electron chi connectivity index (χ3n) is 9.56. The van der Waals surface area contributed by atoms with Crippen LogP contribution in [0.2, 0.25) is 0 Å². The average Bonchev–Trinajstić information content (AvgIpc) is 3.55. The Morgan fingerprint density at radius 3 is 2.35 bits per heavy atom. The van der Waals surface area contributed by atoms with Crippen molar-refractivity contribution in [3.05, 3.63) is 130 Å². The monoisotopic (exact) mass is 616 g/mol. The molecule has 46 heavy (non-hydrogen) atoms. The molecule has 2 heterocycles. The molecular weight excluding hydrogens is 570 g/mol. The molecule has 2 aromatic carbocycles. The van der Waals surface area contributed by atoms with Crippen molar-refractivity contribution in [1.82, 2.24) is 4.90 Å². The second-order valence-electron chi connectivity index (χ2n) is 13.5. The number of hydrogen-bond acceptors (Lipinski definition) is 4. The average molecular weight is 617 g/mol. The molecule has 238 valence electrons. The summed E-state index contributed by atoms with van der Waals surface area (Å²) in [5.74, 6) is -0.597. The number of nitrogens with zero attached hydrogens (tertiary/aromatic N) is 3. The number of rotatable bonds is 8. The van der Waals surface area contributed by atoms with Gasteiger partial charge in [-0.1, -0.05) is 69.0 Å². The van der Waals surface area contributed by atoms with Gasteiger partial charge in [-0.25, -0.2) is 4.79 Å². The number of aryl methyl sites for hydroxylation is 1. The van der Waals surface area contributed by atoms with Gasteiger partial charge >= 0.3 is 5.97 Å². The topological polar surface area (TPSA) is 52.9 Å². The number of likely N-dealkylation sites (N-methyl/N-ethyl adjacent to an activating group) is 1. The van der Waals surface area contributed by atoms with E-state index in [1.165, 1.54) is 39.5 Å². The van der Waals surface area contributed by atoms with Crippen LogP contribution in [-0.2, 0) is 25.2 Å². The second-order valence-corrected chi connectivity index (χ2v) is 13.5. The number of hydrogen-bond donors (Lipinski definition) is 0. The Labute approximate surface area is 274 Å². The Hall–Kier alpha value is -4.71. The minimum Gasteiger partial charge on any atom is -0.460 e. The first kappa shape index (κ1) is 32.7. The van der Waals surface area contributed by atoms with Crippen LogP contribution in [-0.4, -0.2) is 54.3 Å². The SMILES string of the molecule is C=C(C)C(=O)OCCN(C(C)=O)C1=C(C=CC2=[N+](C)c3cccc(C)c3C2(C)C)C=CC1=CC=C1N(C)c2ccccc2C1(C)C. The normalized spacial score (nSPS) is 19.5. The Balaban J connectivity index is 1.57. The molecule has 0 spiro atoms. The second kappa shape index (κ2) is 12.2.